The molecule has 1 N–H and O–H groups in total. The van der Waals surface area contributed by atoms with Crippen LogP contribution in [0.3, 0.4) is 0 Å². The molecule has 1 aliphatic heterocycles. The van der Waals surface area contributed by atoms with Crippen molar-refractivity contribution in [2.75, 3.05) is 18.0 Å². The number of rotatable bonds is 3. The molecule has 0 spiro atoms. The van der Waals surface area contributed by atoms with Crippen molar-refractivity contribution < 1.29 is 5.11 Å². The van der Waals surface area contributed by atoms with Gasteiger partial charge in [-0.15, -0.1) is 0 Å². The largest absolute Gasteiger partial charge is 0.393 e. The van der Waals surface area contributed by atoms with Crippen LogP contribution in [-0.2, 0) is 6.54 Å². The third-order valence-corrected chi connectivity index (χ3v) is 3.62. The SMILES string of the molecule is CC(C)Cn1ccnc(N2CCC(O)C(C)C2)c1=O. The summed E-state index contributed by atoms with van der Waals surface area (Å²) in [6, 6.07) is 0. The second kappa shape index (κ2) is 5.74. The molecule has 2 rings (SSSR count). The molecule has 5 nitrogen and oxygen atoms in total. The number of anilines is 1. The van der Waals surface area contributed by atoms with Crippen molar-refractivity contribution in [3.8, 4) is 0 Å². The Hall–Kier alpha value is -1.36. The highest BCUT2D eigenvalue weighted by atomic mass is 16.3. The minimum Gasteiger partial charge on any atom is -0.393 e. The molecule has 2 atom stereocenters. The van der Waals surface area contributed by atoms with Gasteiger partial charge in [-0.2, -0.15) is 0 Å². The van der Waals surface area contributed by atoms with Gasteiger partial charge in [0.2, 0.25) is 0 Å². The highest BCUT2D eigenvalue weighted by Crippen LogP contribution is 2.19. The lowest BCUT2D eigenvalue weighted by Gasteiger charge is -2.34. The first-order valence-electron chi connectivity index (χ1n) is 6.97. The van der Waals surface area contributed by atoms with Crippen molar-refractivity contribution in [3.63, 3.8) is 0 Å². The summed E-state index contributed by atoms with van der Waals surface area (Å²) < 4.78 is 1.72. The van der Waals surface area contributed by atoms with E-state index in [2.05, 4.69) is 18.8 Å². The van der Waals surface area contributed by atoms with E-state index in [1.165, 1.54) is 0 Å². The van der Waals surface area contributed by atoms with Crippen molar-refractivity contribution in [1.82, 2.24) is 9.55 Å². The van der Waals surface area contributed by atoms with E-state index in [-0.39, 0.29) is 17.6 Å². The fourth-order valence-corrected chi connectivity index (χ4v) is 2.52. The Bertz CT molecular complexity index is 484. The van der Waals surface area contributed by atoms with Crippen molar-refractivity contribution >= 4 is 5.82 Å². The predicted octanol–water partition coefficient (Wildman–Crippen LogP) is 1.11. The van der Waals surface area contributed by atoms with Gasteiger partial charge in [0.15, 0.2) is 5.82 Å². The van der Waals surface area contributed by atoms with E-state index in [1.54, 1.807) is 17.0 Å². The number of aliphatic hydroxyl groups excluding tert-OH is 1. The first-order chi connectivity index (χ1) is 8.99. The predicted molar refractivity (Wildman–Crippen MR) is 75.3 cm³/mol. The van der Waals surface area contributed by atoms with Gasteiger partial charge in [0.1, 0.15) is 0 Å². The van der Waals surface area contributed by atoms with Crippen LogP contribution in [0.4, 0.5) is 5.82 Å². The molecule has 0 saturated carbocycles. The molecule has 0 aromatic carbocycles. The lowest BCUT2D eigenvalue weighted by molar-refractivity contribution is 0.0968. The molecule has 19 heavy (non-hydrogen) atoms. The first-order valence-corrected chi connectivity index (χ1v) is 6.97. The monoisotopic (exact) mass is 265 g/mol. The van der Waals surface area contributed by atoms with Crippen LogP contribution in [0, 0.1) is 11.8 Å². The second-order valence-electron chi connectivity index (χ2n) is 5.88. The molecule has 1 aromatic heterocycles. The van der Waals surface area contributed by atoms with Crippen molar-refractivity contribution in [2.45, 2.75) is 39.8 Å². The summed E-state index contributed by atoms with van der Waals surface area (Å²) in [7, 11) is 0. The fraction of sp³-hybridized carbons (Fsp3) is 0.714. The maximum absolute atomic E-state index is 12.4. The Kier molecular flexibility index (Phi) is 4.24. The van der Waals surface area contributed by atoms with Crippen LogP contribution < -0.4 is 10.5 Å². The van der Waals surface area contributed by atoms with Gasteiger partial charge >= 0.3 is 0 Å². The third-order valence-electron chi connectivity index (χ3n) is 3.62. The van der Waals surface area contributed by atoms with E-state index in [4.69, 9.17) is 0 Å². The summed E-state index contributed by atoms with van der Waals surface area (Å²) in [5, 5.41) is 9.75. The van der Waals surface area contributed by atoms with Crippen LogP contribution in [0.15, 0.2) is 17.2 Å². The average molecular weight is 265 g/mol. The van der Waals surface area contributed by atoms with Crippen molar-refractivity contribution in [1.29, 1.82) is 0 Å². The molecule has 1 aliphatic rings. The molecule has 0 aliphatic carbocycles. The molecular weight excluding hydrogens is 242 g/mol. The summed E-state index contributed by atoms with van der Waals surface area (Å²) in [5.74, 6) is 1.12. The highest BCUT2D eigenvalue weighted by Gasteiger charge is 2.26. The Morgan fingerprint density at radius 1 is 1.53 bits per heavy atom. The number of hydrogen-bond acceptors (Lipinski definition) is 4. The van der Waals surface area contributed by atoms with E-state index in [0.717, 1.165) is 0 Å². The third kappa shape index (κ3) is 3.15. The Morgan fingerprint density at radius 3 is 2.89 bits per heavy atom. The normalized spacial score (nSPS) is 23.9. The Morgan fingerprint density at radius 2 is 2.26 bits per heavy atom. The van der Waals surface area contributed by atoms with Gasteiger partial charge < -0.3 is 14.6 Å². The van der Waals surface area contributed by atoms with Crippen molar-refractivity contribution in [3.05, 3.63) is 22.7 Å². The maximum Gasteiger partial charge on any atom is 0.293 e. The maximum atomic E-state index is 12.4. The van der Waals surface area contributed by atoms with E-state index in [9.17, 15) is 9.90 Å². The number of aliphatic hydroxyl groups is 1. The molecule has 0 radical (unpaired) electrons. The summed E-state index contributed by atoms with van der Waals surface area (Å²) >= 11 is 0. The second-order valence-corrected chi connectivity index (χ2v) is 5.88. The molecule has 0 bridgehead atoms. The van der Waals surface area contributed by atoms with Crippen molar-refractivity contribution in [2.24, 2.45) is 11.8 Å². The van der Waals surface area contributed by atoms with Gasteiger partial charge in [0.05, 0.1) is 6.10 Å². The molecule has 2 heterocycles. The van der Waals surface area contributed by atoms with E-state index in [1.807, 2.05) is 11.8 Å². The molecular formula is C14H23N3O2. The topological polar surface area (TPSA) is 58.4 Å². The zero-order chi connectivity index (χ0) is 14.0. The molecule has 1 fully saturated rings. The molecule has 1 aromatic rings. The lowest BCUT2D eigenvalue weighted by Crippen LogP contribution is -2.45. The summed E-state index contributed by atoms with van der Waals surface area (Å²) in [4.78, 5) is 18.6. The standard InChI is InChI=1S/C14H23N3O2/c1-10(2)8-17-7-5-15-13(14(17)19)16-6-4-12(18)11(3)9-16/h5,7,10-12,18H,4,6,8-9H2,1-3H3. The van der Waals surface area contributed by atoms with Crippen LogP contribution in [0.2, 0.25) is 0 Å². The van der Waals surface area contributed by atoms with Gasteiger partial charge in [0.25, 0.3) is 5.56 Å². The van der Waals surface area contributed by atoms with E-state index in [0.29, 0.717) is 37.8 Å². The smallest absolute Gasteiger partial charge is 0.293 e. The van der Waals surface area contributed by atoms with E-state index >= 15 is 0 Å². The van der Waals surface area contributed by atoms with E-state index < -0.39 is 0 Å². The zero-order valence-corrected chi connectivity index (χ0v) is 11.9. The number of piperidine rings is 1. The Labute approximate surface area is 113 Å². The van der Waals surface area contributed by atoms with Gasteiger partial charge in [-0.3, -0.25) is 4.79 Å². The first kappa shape index (κ1) is 14.1. The van der Waals surface area contributed by atoms with Crippen LogP contribution in [0.1, 0.15) is 27.2 Å². The van der Waals surface area contributed by atoms with Crippen LogP contribution in [0.25, 0.3) is 0 Å². The van der Waals surface area contributed by atoms with Crippen LogP contribution >= 0.6 is 0 Å². The molecule has 0 amide bonds. The number of nitrogens with zero attached hydrogens (tertiary/aromatic N) is 3. The van der Waals surface area contributed by atoms with Gasteiger partial charge in [-0.1, -0.05) is 20.8 Å². The lowest BCUT2D eigenvalue weighted by atomic mass is 9.97. The summed E-state index contributed by atoms with van der Waals surface area (Å²) in [5.41, 5.74) is -0.0280. The molecule has 106 valence electrons. The zero-order valence-electron chi connectivity index (χ0n) is 11.9. The molecule has 1 saturated heterocycles. The highest BCUT2D eigenvalue weighted by molar-refractivity contribution is 5.36. The minimum atomic E-state index is -0.266. The Balaban J connectivity index is 2.23. The summed E-state index contributed by atoms with van der Waals surface area (Å²) in [6.07, 6.45) is 3.86. The number of aromatic nitrogens is 2. The quantitative estimate of drug-likeness (QED) is 0.889. The summed E-state index contributed by atoms with van der Waals surface area (Å²) in [6.45, 7) is 8.28. The van der Waals surface area contributed by atoms with Gasteiger partial charge in [0, 0.05) is 32.0 Å². The van der Waals surface area contributed by atoms with Crippen LogP contribution in [-0.4, -0.2) is 33.9 Å². The fourth-order valence-electron chi connectivity index (χ4n) is 2.52. The molecule has 2 unspecified atom stereocenters. The average Bonchev–Trinajstić information content (AvgIpc) is 2.35. The van der Waals surface area contributed by atoms with Crippen LogP contribution in [0.5, 0.6) is 0 Å². The van der Waals surface area contributed by atoms with Gasteiger partial charge in [-0.05, 0) is 18.3 Å². The minimum absolute atomic E-state index is 0.0280. The number of hydrogen-bond donors (Lipinski definition) is 1. The van der Waals surface area contributed by atoms with Gasteiger partial charge in [-0.25, -0.2) is 4.98 Å². The molecule has 5 heteroatoms.